The number of carbonyl (C=O) groups excluding carboxylic acids is 3. The molecule has 0 radical (unpaired) electrons. The maximum absolute atomic E-state index is 13.3. The van der Waals surface area contributed by atoms with E-state index in [1.54, 1.807) is 34.5 Å². The summed E-state index contributed by atoms with van der Waals surface area (Å²) in [6.07, 6.45) is -0.0393. The van der Waals surface area contributed by atoms with Crippen LogP contribution in [0.25, 0.3) is 11.0 Å². The van der Waals surface area contributed by atoms with Crippen LogP contribution in [0.5, 0.6) is 5.75 Å². The summed E-state index contributed by atoms with van der Waals surface area (Å²) in [5, 5.41) is 10.0. The second-order valence-electron chi connectivity index (χ2n) is 9.93. The highest BCUT2D eigenvalue weighted by Crippen LogP contribution is 2.31. The summed E-state index contributed by atoms with van der Waals surface area (Å²) >= 11 is 0. The molecule has 0 aliphatic carbocycles. The van der Waals surface area contributed by atoms with Crippen LogP contribution < -0.4 is 21.1 Å². The average molecular weight is 591 g/mol. The number of methoxy groups -OCH3 is 1. The lowest BCUT2D eigenvalue weighted by molar-refractivity contribution is 0.0798. The molecule has 0 atom stereocenters. The van der Waals surface area contributed by atoms with Crippen LogP contribution >= 0.6 is 0 Å². The number of hydrogen-bond acceptors (Lipinski definition) is 8. The number of ether oxygens (including phenoxy) is 2. The quantitative estimate of drug-likeness (QED) is 0.200. The summed E-state index contributed by atoms with van der Waals surface area (Å²) in [4.78, 5) is 44.8. The molecule has 0 aliphatic rings. The molecule has 4 N–H and O–H groups in total. The van der Waals surface area contributed by atoms with E-state index in [9.17, 15) is 14.4 Å². The van der Waals surface area contributed by atoms with Crippen LogP contribution in [0.4, 0.5) is 10.7 Å². The van der Waals surface area contributed by atoms with E-state index in [2.05, 4.69) is 20.7 Å². The largest absolute Gasteiger partial charge is 0.494 e. The Labute approximate surface area is 249 Å². The van der Waals surface area contributed by atoms with E-state index in [1.165, 1.54) is 12.0 Å². The Kier molecular flexibility index (Phi) is 10.3. The fourth-order valence-electron chi connectivity index (χ4n) is 4.67. The first-order chi connectivity index (χ1) is 20.7. The number of aromatic nitrogens is 4. The van der Waals surface area contributed by atoms with Gasteiger partial charge in [-0.05, 0) is 44.0 Å². The maximum Gasteiger partial charge on any atom is 0.407 e. The third kappa shape index (κ3) is 7.49. The molecule has 2 aromatic heterocycles. The van der Waals surface area contributed by atoms with Crippen molar-refractivity contribution in [1.82, 2.24) is 29.5 Å². The van der Waals surface area contributed by atoms with Crippen LogP contribution in [0.2, 0.25) is 0 Å². The summed E-state index contributed by atoms with van der Waals surface area (Å²) < 4.78 is 14.4. The number of aryl methyl sites for hydroxylation is 3. The summed E-state index contributed by atoms with van der Waals surface area (Å²) in [6, 6.07) is 14.4. The van der Waals surface area contributed by atoms with E-state index in [-0.39, 0.29) is 24.4 Å². The molecule has 2 heterocycles. The molecule has 4 aromatic rings. The van der Waals surface area contributed by atoms with Crippen LogP contribution in [0.15, 0.2) is 48.5 Å². The number of hydrogen-bond donors (Lipinski definition) is 3. The van der Waals surface area contributed by atoms with Crippen LogP contribution in [-0.2, 0) is 24.4 Å². The van der Waals surface area contributed by atoms with E-state index in [0.717, 1.165) is 11.3 Å². The van der Waals surface area contributed by atoms with E-state index < -0.39 is 6.09 Å². The number of alkyl carbamates (subject to hydrolysis) is 1. The van der Waals surface area contributed by atoms with Crippen molar-refractivity contribution in [3.05, 3.63) is 71.0 Å². The fourth-order valence-corrected chi connectivity index (χ4v) is 4.67. The Morgan fingerprint density at radius 1 is 1.12 bits per heavy atom. The third-order valence-electron chi connectivity index (χ3n) is 6.79. The fraction of sp³-hybridized carbons (Fsp3) is 0.367. The van der Waals surface area contributed by atoms with E-state index in [1.807, 2.05) is 44.2 Å². The lowest BCUT2D eigenvalue weighted by atomic mass is 10.1. The highest BCUT2D eigenvalue weighted by atomic mass is 16.5. The van der Waals surface area contributed by atoms with Crippen LogP contribution in [0.3, 0.4) is 0 Å². The molecule has 0 fully saturated rings. The summed E-state index contributed by atoms with van der Waals surface area (Å²) in [5.74, 6) is 0.0805. The average Bonchev–Trinajstić information content (AvgIpc) is 3.57. The Bertz CT molecular complexity index is 1580. The topological polar surface area (TPSA) is 159 Å². The van der Waals surface area contributed by atoms with Gasteiger partial charge in [0.15, 0.2) is 0 Å². The number of nitrogens with two attached hydrogens (primary N) is 1. The first-order valence-electron chi connectivity index (χ1n) is 14.1. The first-order valence-corrected chi connectivity index (χ1v) is 14.1. The Balaban J connectivity index is 1.58. The zero-order chi connectivity index (χ0) is 30.9. The van der Waals surface area contributed by atoms with Crippen molar-refractivity contribution >= 4 is 34.9 Å². The molecule has 3 amide bonds. The number of anilines is 1. The predicted molar refractivity (Wildman–Crippen MR) is 162 cm³/mol. The number of nitrogens with zero attached hydrogens (tertiary/aromatic N) is 5. The molecule has 4 rings (SSSR count). The zero-order valence-electron chi connectivity index (χ0n) is 24.9. The molecule has 43 heavy (non-hydrogen) atoms. The van der Waals surface area contributed by atoms with Gasteiger partial charge in [0.1, 0.15) is 23.6 Å². The summed E-state index contributed by atoms with van der Waals surface area (Å²) in [7, 11) is 3.18. The molecular formula is C30H38N8O5. The normalized spacial score (nSPS) is 10.9. The van der Waals surface area contributed by atoms with Gasteiger partial charge >= 0.3 is 6.09 Å². The second kappa shape index (κ2) is 14.3. The number of imidazole rings is 1. The first kappa shape index (κ1) is 31.0. The van der Waals surface area contributed by atoms with E-state index in [4.69, 9.17) is 15.2 Å². The highest BCUT2D eigenvalue weighted by Gasteiger charge is 2.23. The standard InChI is InChI=1S/C30H38N8O5/c1-5-38-24(16-20(2)35-38)27(39)34-29-33-23-17-22(28(40)36(3)15-12-31)18-25(42-4)26(23)37(29)14-9-13-32-30(41)43-19-21-10-7-6-8-11-21/h6-8,10-11,16-18H,5,9,12-15,19,31H2,1-4H3,(H,32,41)(H,33,34,39). The predicted octanol–water partition coefficient (Wildman–Crippen LogP) is 3.17. The van der Waals surface area contributed by atoms with Gasteiger partial charge in [0.25, 0.3) is 11.8 Å². The van der Waals surface area contributed by atoms with Gasteiger partial charge in [0.2, 0.25) is 5.95 Å². The SMILES string of the molecule is CCn1nc(C)cc1C(=O)Nc1nc2cc(C(=O)N(C)CCN)cc(OC)c2n1CCCNC(=O)OCc1ccccc1. The molecule has 0 saturated heterocycles. The Hall–Kier alpha value is -4.91. The highest BCUT2D eigenvalue weighted by molar-refractivity contribution is 6.04. The molecule has 2 aromatic carbocycles. The van der Waals surface area contributed by atoms with E-state index >= 15 is 0 Å². The van der Waals surface area contributed by atoms with Crippen molar-refractivity contribution in [2.24, 2.45) is 5.73 Å². The van der Waals surface area contributed by atoms with Crippen molar-refractivity contribution in [2.75, 3.05) is 39.1 Å². The van der Waals surface area contributed by atoms with Gasteiger partial charge in [0, 0.05) is 45.3 Å². The molecule has 0 bridgehead atoms. The number of benzene rings is 2. The number of fused-ring (bicyclic) bond motifs is 1. The van der Waals surface area contributed by atoms with Crippen LogP contribution in [0.1, 0.15) is 45.4 Å². The molecule has 0 aliphatic heterocycles. The molecule has 13 nitrogen and oxygen atoms in total. The molecule has 0 saturated carbocycles. The maximum atomic E-state index is 13.3. The van der Waals surface area contributed by atoms with Gasteiger partial charge in [0.05, 0.1) is 18.3 Å². The minimum atomic E-state index is -0.529. The van der Waals surface area contributed by atoms with Crippen molar-refractivity contribution in [2.45, 2.75) is 40.0 Å². The van der Waals surface area contributed by atoms with E-state index in [0.29, 0.717) is 67.2 Å². The Morgan fingerprint density at radius 2 is 1.88 bits per heavy atom. The van der Waals surface area contributed by atoms with Gasteiger partial charge in [-0.1, -0.05) is 30.3 Å². The molecule has 0 spiro atoms. The van der Waals surface area contributed by atoms with Gasteiger partial charge in [-0.2, -0.15) is 5.10 Å². The van der Waals surface area contributed by atoms with Crippen molar-refractivity contribution < 1.29 is 23.9 Å². The number of rotatable bonds is 13. The lowest BCUT2D eigenvalue weighted by Crippen LogP contribution is -2.31. The summed E-state index contributed by atoms with van der Waals surface area (Å²) in [6.45, 7) is 5.81. The number of likely N-dealkylation sites (N-methyl/N-ethyl adjacent to an activating group) is 1. The van der Waals surface area contributed by atoms with Crippen molar-refractivity contribution in [1.29, 1.82) is 0 Å². The minimum absolute atomic E-state index is 0.168. The molecule has 13 heteroatoms. The van der Waals surface area contributed by atoms with Gasteiger partial charge < -0.3 is 30.0 Å². The molecular weight excluding hydrogens is 552 g/mol. The van der Waals surface area contributed by atoms with Crippen molar-refractivity contribution in [3.8, 4) is 5.75 Å². The van der Waals surface area contributed by atoms with Crippen LogP contribution in [-0.4, -0.2) is 75.9 Å². The van der Waals surface area contributed by atoms with Gasteiger partial charge in [-0.25, -0.2) is 9.78 Å². The smallest absolute Gasteiger partial charge is 0.407 e. The summed E-state index contributed by atoms with van der Waals surface area (Å²) in [5.41, 5.74) is 9.09. The van der Waals surface area contributed by atoms with Gasteiger partial charge in [-0.15, -0.1) is 0 Å². The minimum Gasteiger partial charge on any atom is -0.494 e. The number of amides is 3. The van der Waals surface area contributed by atoms with Crippen LogP contribution in [0, 0.1) is 6.92 Å². The second-order valence-corrected chi connectivity index (χ2v) is 9.93. The zero-order valence-corrected chi connectivity index (χ0v) is 24.9. The molecule has 0 unspecified atom stereocenters. The lowest BCUT2D eigenvalue weighted by Gasteiger charge is -2.17. The van der Waals surface area contributed by atoms with Crippen molar-refractivity contribution in [3.63, 3.8) is 0 Å². The number of nitrogens with one attached hydrogen (secondary N) is 2. The number of carbonyl (C=O) groups is 3. The molecule has 228 valence electrons. The Morgan fingerprint density at radius 3 is 2.58 bits per heavy atom. The van der Waals surface area contributed by atoms with Gasteiger partial charge in [-0.3, -0.25) is 19.6 Å². The third-order valence-corrected chi connectivity index (χ3v) is 6.79. The monoisotopic (exact) mass is 590 g/mol.